The summed E-state index contributed by atoms with van der Waals surface area (Å²) in [5, 5.41) is 1.38. The second-order valence-corrected chi connectivity index (χ2v) is 7.00. The van der Waals surface area contributed by atoms with Crippen LogP contribution in [0.2, 0.25) is 0 Å². The molecular weight excluding hydrogens is 258 g/mol. The predicted octanol–water partition coefficient (Wildman–Crippen LogP) is 3.34. The molecule has 1 aliphatic carbocycles. The van der Waals surface area contributed by atoms with Crippen LogP contribution in [0.25, 0.3) is 10.9 Å². The summed E-state index contributed by atoms with van der Waals surface area (Å²) in [5.74, 6) is 0. The minimum absolute atomic E-state index is 0.402. The van der Waals surface area contributed by atoms with Gasteiger partial charge in [-0.15, -0.1) is 0 Å². The van der Waals surface area contributed by atoms with Crippen molar-refractivity contribution in [2.45, 2.75) is 37.8 Å². The van der Waals surface area contributed by atoms with Crippen molar-refractivity contribution >= 4 is 16.6 Å². The fraction of sp³-hybridized carbons (Fsp3) is 0.556. The number of likely N-dealkylation sites (N-methyl/N-ethyl adjacent to an activating group) is 1. The molecule has 21 heavy (non-hydrogen) atoms. The summed E-state index contributed by atoms with van der Waals surface area (Å²) in [7, 11) is 4.42. The lowest BCUT2D eigenvalue weighted by Crippen LogP contribution is -2.34. The standard InChI is InChI=1S/C18H25N3/c1-19(2)18(8-9-18)14-21-12-7-15-13-16(5-6-17(15)21)20-10-3-4-11-20/h5-7,12-13H,3-4,8-11,14H2,1-2H3. The molecule has 1 aromatic carbocycles. The fourth-order valence-electron chi connectivity index (χ4n) is 3.71. The Labute approximate surface area is 127 Å². The lowest BCUT2D eigenvalue weighted by atomic mass is 10.2. The van der Waals surface area contributed by atoms with Crippen LogP contribution in [0.4, 0.5) is 5.69 Å². The molecule has 0 amide bonds. The Bertz CT molecular complexity index is 646. The van der Waals surface area contributed by atoms with E-state index in [-0.39, 0.29) is 0 Å². The quantitative estimate of drug-likeness (QED) is 0.852. The van der Waals surface area contributed by atoms with Gasteiger partial charge < -0.3 is 14.4 Å². The molecular formula is C18H25N3. The number of aromatic nitrogens is 1. The Morgan fingerprint density at radius 3 is 2.52 bits per heavy atom. The van der Waals surface area contributed by atoms with Crippen molar-refractivity contribution in [2.75, 3.05) is 32.1 Å². The van der Waals surface area contributed by atoms with Crippen LogP contribution in [-0.2, 0) is 6.54 Å². The number of hydrogen-bond donors (Lipinski definition) is 0. The molecule has 0 bridgehead atoms. The second-order valence-electron chi connectivity index (χ2n) is 7.00. The van der Waals surface area contributed by atoms with E-state index in [4.69, 9.17) is 0 Å². The predicted molar refractivity (Wildman–Crippen MR) is 89.0 cm³/mol. The first-order chi connectivity index (χ1) is 10.2. The highest BCUT2D eigenvalue weighted by atomic mass is 15.2. The Hall–Kier alpha value is -1.48. The third kappa shape index (κ3) is 2.24. The smallest absolute Gasteiger partial charge is 0.0482 e. The summed E-state index contributed by atoms with van der Waals surface area (Å²) in [6.07, 6.45) is 7.59. The summed E-state index contributed by atoms with van der Waals surface area (Å²) in [6, 6.07) is 9.27. The summed E-state index contributed by atoms with van der Waals surface area (Å²) >= 11 is 0. The highest BCUT2D eigenvalue weighted by Crippen LogP contribution is 2.42. The van der Waals surface area contributed by atoms with Crippen LogP contribution in [-0.4, -0.2) is 42.2 Å². The van der Waals surface area contributed by atoms with E-state index in [1.807, 2.05) is 0 Å². The molecule has 1 saturated carbocycles. The molecule has 2 aromatic rings. The third-order valence-electron chi connectivity index (χ3n) is 5.47. The van der Waals surface area contributed by atoms with Crippen molar-refractivity contribution in [3.63, 3.8) is 0 Å². The third-order valence-corrected chi connectivity index (χ3v) is 5.47. The zero-order valence-electron chi connectivity index (χ0n) is 13.2. The molecule has 4 rings (SSSR count). The number of benzene rings is 1. The van der Waals surface area contributed by atoms with Crippen LogP contribution < -0.4 is 4.90 Å². The lowest BCUT2D eigenvalue weighted by Gasteiger charge is -2.25. The Morgan fingerprint density at radius 1 is 1.10 bits per heavy atom. The SMILES string of the molecule is CN(C)C1(Cn2ccc3cc(N4CCCC4)ccc32)CC1. The molecule has 0 N–H and O–H groups in total. The van der Waals surface area contributed by atoms with Gasteiger partial charge >= 0.3 is 0 Å². The maximum atomic E-state index is 2.51. The number of fused-ring (bicyclic) bond motifs is 1. The van der Waals surface area contributed by atoms with Gasteiger partial charge in [-0.3, -0.25) is 0 Å². The fourth-order valence-corrected chi connectivity index (χ4v) is 3.71. The molecule has 1 aliphatic heterocycles. The van der Waals surface area contributed by atoms with Gasteiger partial charge in [-0.2, -0.15) is 0 Å². The van der Waals surface area contributed by atoms with Gasteiger partial charge in [0, 0.05) is 48.0 Å². The van der Waals surface area contributed by atoms with E-state index >= 15 is 0 Å². The molecule has 3 heteroatoms. The highest BCUT2D eigenvalue weighted by Gasteiger charge is 2.45. The molecule has 1 saturated heterocycles. The average molecular weight is 283 g/mol. The Balaban J connectivity index is 1.63. The summed E-state index contributed by atoms with van der Waals surface area (Å²) in [4.78, 5) is 4.91. The normalized spacial score (nSPS) is 20.6. The molecule has 2 heterocycles. The summed E-state index contributed by atoms with van der Waals surface area (Å²) < 4.78 is 2.44. The molecule has 0 radical (unpaired) electrons. The summed E-state index contributed by atoms with van der Waals surface area (Å²) in [6.45, 7) is 3.55. The van der Waals surface area contributed by atoms with Crippen LogP contribution in [0.1, 0.15) is 25.7 Å². The molecule has 2 aliphatic rings. The van der Waals surface area contributed by atoms with E-state index < -0.39 is 0 Å². The number of anilines is 1. The first kappa shape index (κ1) is 13.2. The van der Waals surface area contributed by atoms with Crippen LogP contribution in [0, 0.1) is 0 Å². The highest BCUT2D eigenvalue weighted by molar-refractivity contribution is 5.84. The van der Waals surface area contributed by atoms with E-state index in [1.54, 1.807) is 0 Å². The largest absolute Gasteiger partial charge is 0.372 e. The molecule has 3 nitrogen and oxygen atoms in total. The van der Waals surface area contributed by atoms with Crippen molar-refractivity contribution in [3.05, 3.63) is 30.5 Å². The van der Waals surface area contributed by atoms with Crippen LogP contribution >= 0.6 is 0 Å². The minimum Gasteiger partial charge on any atom is -0.372 e. The number of nitrogens with zero attached hydrogens (tertiary/aromatic N) is 3. The van der Waals surface area contributed by atoms with Gasteiger partial charge in [-0.1, -0.05) is 0 Å². The topological polar surface area (TPSA) is 11.4 Å². The van der Waals surface area contributed by atoms with E-state index in [2.05, 4.69) is 58.9 Å². The zero-order chi connectivity index (χ0) is 14.4. The van der Waals surface area contributed by atoms with Gasteiger partial charge in [0.05, 0.1) is 0 Å². The van der Waals surface area contributed by atoms with Gasteiger partial charge in [-0.25, -0.2) is 0 Å². The van der Waals surface area contributed by atoms with Crippen LogP contribution in [0.3, 0.4) is 0 Å². The van der Waals surface area contributed by atoms with Crippen molar-refractivity contribution in [2.24, 2.45) is 0 Å². The summed E-state index contributed by atoms with van der Waals surface area (Å²) in [5.41, 5.74) is 3.18. The van der Waals surface area contributed by atoms with Gasteiger partial charge in [0.2, 0.25) is 0 Å². The number of rotatable bonds is 4. The molecule has 0 atom stereocenters. The van der Waals surface area contributed by atoms with Crippen molar-refractivity contribution < 1.29 is 0 Å². The number of hydrogen-bond acceptors (Lipinski definition) is 2. The molecule has 0 spiro atoms. The second kappa shape index (κ2) is 4.77. The van der Waals surface area contributed by atoms with E-state index in [1.165, 1.54) is 55.4 Å². The van der Waals surface area contributed by atoms with E-state index in [9.17, 15) is 0 Å². The first-order valence-corrected chi connectivity index (χ1v) is 8.19. The Morgan fingerprint density at radius 2 is 1.86 bits per heavy atom. The molecule has 112 valence electrons. The van der Waals surface area contributed by atoms with E-state index in [0.717, 1.165) is 6.54 Å². The van der Waals surface area contributed by atoms with Gasteiger partial charge in [0.15, 0.2) is 0 Å². The van der Waals surface area contributed by atoms with Gasteiger partial charge in [0.1, 0.15) is 0 Å². The zero-order valence-corrected chi connectivity index (χ0v) is 13.2. The molecule has 2 fully saturated rings. The average Bonchev–Trinajstić information content (AvgIpc) is 2.91. The maximum absolute atomic E-state index is 2.51. The van der Waals surface area contributed by atoms with Gasteiger partial charge in [0.25, 0.3) is 0 Å². The van der Waals surface area contributed by atoms with E-state index in [0.29, 0.717) is 5.54 Å². The van der Waals surface area contributed by atoms with Crippen molar-refractivity contribution in [3.8, 4) is 0 Å². The minimum atomic E-state index is 0.402. The first-order valence-electron chi connectivity index (χ1n) is 8.19. The lowest BCUT2D eigenvalue weighted by molar-refractivity contribution is 0.244. The van der Waals surface area contributed by atoms with Crippen molar-refractivity contribution in [1.82, 2.24) is 9.47 Å². The molecule has 0 unspecified atom stereocenters. The maximum Gasteiger partial charge on any atom is 0.0482 e. The Kier molecular flexibility index (Phi) is 3.00. The van der Waals surface area contributed by atoms with Crippen LogP contribution in [0.5, 0.6) is 0 Å². The monoisotopic (exact) mass is 283 g/mol. The molecule has 1 aromatic heterocycles. The van der Waals surface area contributed by atoms with Crippen LogP contribution in [0.15, 0.2) is 30.5 Å². The van der Waals surface area contributed by atoms with Crippen molar-refractivity contribution in [1.29, 1.82) is 0 Å². The van der Waals surface area contributed by atoms with Gasteiger partial charge in [-0.05, 0) is 64.0 Å².